The van der Waals surface area contributed by atoms with E-state index < -0.39 is 5.60 Å². The van der Waals surface area contributed by atoms with Crippen molar-refractivity contribution in [2.45, 2.75) is 38.0 Å². The van der Waals surface area contributed by atoms with Crippen LogP contribution in [0.25, 0.3) is 0 Å². The molecule has 1 saturated heterocycles. The Bertz CT molecular complexity index is 333. The Kier molecular flexibility index (Phi) is 3.06. The molecule has 0 saturated carbocycles. The summed E-state index contributed by atoms with van der Waals surface area (Å²) in [6.45, 7) is 5.35. The number of rotatable bonds is 3. The number of likely N-dealkylation sites (tertiary alicyclic amines) is 1. The molecule has 1 aliphatic rings. The first-order valence-electron chi connectivity index (χ1n) is 5.75. The van der Waals surface area contributed by atoms with Crippen LogP contribution >= 0.6 is 0 Å². The molecule has 1 aromatic heterocycles. The molecule has 4 heteroatoms. The second-order valence-corrected chi connectivity index (χ2v) is 5.04. The zero-order valence-corrected chi connectivity index (χ0v) is 9.89. The van der Waals surface area contributed by atoms with Gasteiger partial charge in [-0.05, 0) is 32.4 Å². The summed E-state index contributed by atoms with van der Waals surface area (Å²) in [5.74, 6) is 0.882. The van der Waals surface area contributed by atoms with E-state index in [0.717, 1.165) is 18.7 Å². The summed E-state index contributed by atoms with van der Waals surface area (Å²) in [4.78, 5) is 2.20. The lowest BCUT2D eigenvalue weighted by Crippen LogP contribution is -2.40. The van der Waals surface area contributed by atoms with Crippen LogP contribution in [0.1, 0.15) is 32.1 Å². The molecule has 0 aliphatic carbocycles. The molecular weight excluding hydrogens is 204 g/mol. The van der Waals surface area contributed by atoms with Crippen LogP contribution in [0.15, 0.2) is 22.8 Å². The van der Waals surface area contributed by atoms with Crippen molar-refractivity contribution < 1.29 is 9.52 Å². The largest absolute Gasteiger partial charge is 0.468 e. The highest BCUT2D eigenvalue weighted by Gasteiger charge is 2.37. The molecule has 3 unspecified atom stereocenters. The Morgan fingerprint density at radius 3 is 2.81 bits per heavy atom. The Balaban J connectivity index is 2.16. The number of hydrogen-bond acceptors (Lipinski definition) is 4. The van der Waals surface area contributed by atoms with Crippen molar-refractivity contribution in [2.75, 3.05) is 13.1 Å². The second-order valence-electron chi connectivity index (χ2n) is 5.04. The van der Waals surface area contributed by atoms with Gasteiger partial charge in [-0.25, -0.2) is 0 Å². The summed E-state index contributed by atoms with van der Waals surface area (Å²) < 4.78 is 5.43. The standard InChI is InChI=1S/C12H20N2O2/c1-9(13)11(10-4-3-7-16-10)14-6-5-12(2,15)8-14/h3-4,7,9,11,15H,5-6,8,13H2,1-2H3. The van der Waals surface area contributed by atoms with E-state index in [1.165, 1.54) is 0 Å². The summed E-state index contributed by atoms with van der Waals surface area (Å²) in [7, 11) is 0. The molecule has 16 heavy (non-hydrogen) atoms. The van der Waals surface area contributed by atoms with Gasteiger partial charge in [0.15, 0.2) is 0 Å². The van der Waals surface area contributed by atoms with E-state index in [1.54, 1.807) is 6.26 Å². The lowest BCUT2D eigenvalue weighted by atomic mass is 10.1. The molecule has 2 rings (SSSR count). The monoisotopic (exact) mass is 224 g/mol. The molecule has 0 radical (unpaired) electrons. The van der Waals surface area contributed by atoms with Crippen molar-refractivity contribution in [1.82, 2.24) is 4.90 Å². The molecule has 0 amide bonds. The molecule has 3 atom stereocenters. The Morgan fingerprint density at radius 2 is 2.38 bits per heavy atom. The zero-order valence-electron chi connectivity index (χ0n) is 9.89. The smallest absolute Gasteiger partial charge is 0.122 e. The lowest BCUT2D eigenvalue weighted by molar-refractivity contribution is 0.0577. The van der Waals surface area contributed by atoms with Gasteiger partial charge in [0.05, 0.1) is 17.9 Å². The molecule has 90 valence electrons. The van der Waals surface area contributed by atoms with Crippen molar-refractivity contribution in [3.63, 3.8) is 0 Å². The first-order valence-corrected chi connectivity index (χ1v) is 5.75. The molecule has 2 heterocycles. The van der Waals surface area contributed by atoms with Crippen LogP contribution in [-0.2, 0) is 0 Å². The van der Waals surface area contributed by atoms with Gasteiger partial charge in [-0.1, -0.05) is 0 Å². The molecule has 1 fully saturated rings. The van der Waals surface area contributed by atoms with Crippen LogP contribution in [0.5, 0.6) is 0 Å². The van der Waals surface area contributed by atoms with Gasteiger partial charge < -0.3 is 15.3 Å². The highest BCUT2D eigenvalue weighted by molar-refractivity contribution is 5.09. The van der Waals surface area contributed by atoms with Crippen LogP contribution in [0.4, 0.5) is 0 Å². The molecule has 3 N–H and O–H groups in total. The van der Waals surface area contributed by atoms with E-state index in [2.05, 4.69) is 4.90 Å². The third kappa shape index (κ3) is 2.29. The average Bonchev–Trinajstić information content (AvgIpc) is 2.76. The van der Waals surface area contributed by atoms with E-state index in [1.807, 2.05) is 26.0 Å². The third-order valence-electron chi connectivity index (χ3n) is 3.21. The first kappa shape index (κ1) is 11.6. The minimum atomic E-state index is -0.597. The van der Waals surface area contributed by atoms with Crippen molar-refractivity contribution in [3.05, 3.63) is 24.2 Å². The van der Waals surface area contributed by atoms with E-state index in [-0.39, 0.29) is 12.1 Å². The maximum atomic E-state index is 9.98. The third-order valence-corrected chi connectivity index (χ3v) is 3.21. The maximum absolute atomic E-state index is 9.98. The van der Waals surface area contributed by atoms with Gasteiger partial charge in [0.1, 0.15) is 5.76 Å². The number of furan rings is 1. The van der Waals surface area contributed by atoms with E-state index in [0.29, 0.717) is 6.54 Å². The van der Waals surface area contributed by atoms with E-state index in [9.17, 15) is 5.11 Å². The van der Waals surface area contributed by atoms with Crippen molar-refractivity contribution in [1.29, 1.82) is 0 Å². The van der Waals surface area contributed by atoms with Crippen molar-refractivity contribution in [2.24, 2.45) is 5.73 Å². The van der Waals surface area contributed by atoms with Crippen LogP contribution in [-0.4, -0.2) is 34.7 Å². The molecule has 0 aromatic carbocycles. The van der Waals surface area contributed by atoms with Gasteiger partial charge in [-0.15, -0.1) is 0 Å². The highest BCUT2D eigenvalue weighted by atomic mass is 16.3. The number of nitrogens with two attached hydrogens (primary N) is 1. The average molecular weight is 224 g/mol. The van der Waals surface area contributed by atoms with Crippen LogP contribution in [0.3, 0.4) is 0 Å². The summed E-state index contributed by atoms with van der Waals surface area (Å²) in [6, 6.07) is 3.86. The molecule has 1 aliphatic heterocycles. The highest BCUT2D eigenvalue weighted by Crippen LogP contribution is 2.31. The molecule has 0 bridgehead atoms. The molecule has 1 aromatic rings. The molecule has 4 nitrogen and oxygen atoms in total. The van der Waals surface area contributed by atoms with Crippen molar-refractivity contribution >= 4 is 0 Å². The zero-order chi connectivity index (χ0) is 11.8. The normalized spacial score (nSPS) is 30.5. The minimum absolute atomic E-state index is 0.0138. The van der Waals surface area contributed by atoms with Gasteiger partial charge in [-0.2, -0.15) is 0 Å². The Hall–Kier alpha value is -0.840. The number of aliphatic hydroxyl groups is 1. The quantitative estimate of drug-likeness (QED) is 0.807. The topological polar surface area (TPSA) is 62.6 Å². The number of hydrogen-bond donors (Lipinski definition) is 2. The van der Waals surface area contributed by atoms with Crippen LogP contribution in [0.2, 0.25) is 0 Å². The summed E-state index contributed by atoms with van der Waals surface area (Å²) >= 11 is 0. The summed E-state index contributed by atoms with van der Waals surface area (Å²) in [5, 5.41) is 9.98. The van der Waals surface area contributed by atoms with Crippen LogP contribution < -0.4 is 5.73 Å². The van der Waals surface area contributed by atoms with E-state index >= 15 is 0 Å². The SMILES string of the molecule is CC(N)C(c1ccco1)N1CCC(C)(O)C1. The minimum Gasteiger partial charge on any atom is -0.468 e. The molecular formula is C12H20N2O2. The first-order chi connectivity index (χ1) is 7.49. The Morgan fingerprint density at radius 1 is 1.62 bits per heavy atom. The lowest BCUT2D eigenvalue weighted by Gasteiger charge is -2.29. The van der Waals surface area contributed by atoms with Crippen molar-refractivity contribution in [3.8, 4) is 0 Å². The van der Waals surface area contributed by atoms with Gasteiger partial charge >= 0.3 is 0 Å². The Labute approximate surface area is 96.0 Å². The fourth-order valence-corrected chi connectivity index (χ4v) is 2.45. The van der Waals surface area contributed by atoms with Gasteiger partial charge in [-0.3, -0.25) is 4.90 Å². The predicted molar refractivity (Wildman–Crippen MR) is 61.9 cm³/mol. The number of nitrogens with zero attached hydrogens (tertiary/aromatic N) is 1. The van der Waals surface area contributed by atoms with E-state index in [4.69, 9.17) is 10.2 Å². The summed E-state index contributed by atoms with van der Waals surface area (Å²) in [6.07, 6.45) is 2.45. The maximum Gasteiger partial charge on any atom is 0.122 e. The second kappa shape index (κ2) is 4.20. The fraction of sp³-hybridized carbons (Fsp3) is 0.667. The summed E-state index contributed by atoms with van der Waals surface area (Å²) in [5.41, 5.74) is 5.42. The molecule has 0 spiro atoms. The van der Waals surface area contributed by atoms with Gasteiger partial charge in [0.2, 0.25) is 0 Å². The fourth-order valence-electron chi connectivity index (χ4n) is 2.45. The van der Waals surface area contributed by atoms with Gasteiger partial charge in [0, 0.05) is 19.1 Å². The predicted octanol–water partition coefficient (Wildman–Crippen LogP) is 1.12. The van der Waals surface area contributed by atoms with Crippen LogP contribution in [0, 0.1) is 0 Å². The van der Waals surface area contributed by atoms with Gasteiger partial charge in [0.25, 0.3) is 0 Å². The number of β-amino-alcohol motifs (C(OH)–C–C–N with tert-alkyl or cyclic N) is 1.